The van der Waals surface area contributed by atoms with Crippen molar-refractivity contribution in [2.75, 3.05) is 13.1 Å². The molecule has 0 spiro atoms. The number of halogens is 1. The molecule has 2 aromatic rings. The summed E-state index contributed by atoms with van der Waals surface area (Å²) in [6, 6.07) is 7.29. The van der Waals surface area contributed by atoms with E-state index in [9.17, 15) is 5.11 Å². The van der Waals surface area contributed by atoms with E-state index in [1.54, 1.807) is 12.1 Å². The molecule has 0 saturated carbocycles. The van der Waals surface area contributed by atoms with Gasteiger partial charge in [0.2, 0.25) is 0 Å². The molecule has 1 N–H and O–H groups in total. The lowest BCUT2D eigenvalue weighted by atomic mass is 9.89. The van der Waals surface area contributed by atoms with E-state index in [1.165, 1.54) is 0 Å². The number of hydrogen-bond acceptors (Lipinski definition) is 5. The average molecular weight is 308 g/mol. The normalized spacial score (nSPS) is 17.7. The predicted octanol–water partition coefficient (Wildman–Crippen LogP) is 2.74. The Labute approximate surface area is 128 Å². The summed E-state index contributed by atoms with van der Waals surface area (Å²) in [5, 5.41) is 14.8. The second kappa shape index (κ2) is 5.75. The van der Waals surface area contributed by atoms with Crippen molar-refractivity contribution in [3.05, 3.63) is 35.1 Å². The highest BCUT2D eigenvalue weighted by molar-refractivity contribution is 6.30. The van der Waals surface area contributed by atoms with Crippen LogP contribution in [-0.2, 0) is 6.54 Å². The summed E-state index contributed by atoms with van der Waals surface area (Å²) in [5.41, 5.74) is 0.321. The number of aliphatic hydroxyl groups is 1. The van der Waals surface area contributed by atoms with Gasteiger partial charge in [-0.3, -0.25) is 4.90 Å². The van der Waals surface area contributed by atoms with Crippen LogP contribution in [0.5, 0.6) is 0 Å². The Bertz CT molecular complexity index is 606. The third-order valence-corrected chi connectivity index (χ3v) is 3.93. The molecule has 21 heavy (non-hydrogen) atoms. The number of likely N-dealkylation sites (tertiary alicyclic amines) is 1. The molecule has 0 bridgehead atoms. The van der Waals surface area contributed by atoms with Gasteiger partial charge in [0, 0.05) is 23.7 Å². The van der Waals surface area contributed by atoms with E-state index in [2.05, 4.69) is 22.0 Å². The fourth-order valence-corrected chi connectivity index (χ4v) is 2.88. The highest BCUT2D eigenvalue weighted by Gasteiger charge is 2.40. The van der Waals surface area contributed by atoms with Crippen LogP contribution in [0.1, 0.15) is 25.6 Å². The van der Waals surface area contributed by atoms with Crippen LogP contribution in [0.4, 0.5) is 0 Å². The molecule has 112 valence electrons. The van der Waals surface area contributed by atoms with Gasteiger partial charge in [0.05, 0.1) is 12.1 Å². The van der Waals surface area contributed by atoms with Crippen LogP contribution in [-0.4, -0.2) is 38.8 Å². The summed E-state index contributed by atoms with van der Waals surface area (Å²) in [6.07, 6.45) is 1.83. The molecule has 1 aliphatic heterocycles. The molecule has 0 amide bonds. The smallest absolute Gasteiger partial charge is 0.257 e. The van der Waals surface area contributed by atoms with Gasteiger partial charge in [-0.1, -0.05) is 30.1 Å². The lowest BCUT2D eigenvalue weighted by Crippen LogP contribution is -2.61. The standard InChI is InChI=1S/C15H18ClN3O2/c1-2-7-15(20)9-19(10-15)8-13-17-14(21-18-13)11-3-5-12(16)6-4-11/h3-6,20H,2,7-10H2,1H3. The largest absolute Gasteiger partial charge is 0.387 e. The highest BCUT2D eigenvalue weighted by Crippen LogP contribution is 2.27. The molecule has 0 aliphatic carbocycles. The van der Waals surface area contributed by atoms with Crippen LogP contribution in [0.2, 0.25) is 5.02 Å². The highest BCUT2D eigenvalue weighted by atomic mass is 35.5. The molecule has 6 heteroatoms. The Morgan fingerprint density at radius 3 is 2.71 bits per heavy atom. The fourth-order valence-electron chi connectivity index (χ4n) is 2.75. The van der Waals surface area contributed by atoms with Gasteiger partial charge in [-0.2, -0.15) is 4.98 Å². The maximum atomic E-state index is 10.1. The zero-order valence-corrected chi connectivity index (χ0v) is 12.7. The second-order valence-electron chi connectivity index (χ2n) is 5.64. The van der Waals surface area contributed by atoms with Gasteiger partial charge < -0.3 is 9.63 Å². The Kier molecular flexibility index (Phi) is 3.97. The van der Waals surface area contributed by atoms with Gasteiger partial charge in [-0.25, -0.2) is 0 Å². The van der Waals surface area contributed by atoms with Crippen LogP contribution in [0, 0.1) is 0 Å². The first kappa shape index (κ1) is 14.5. The summed E-state index contributed by atoms with van der Waals surface area (Å²) >= 11 is 5.85. The number of benzene rings is 1. The molecular formula is C15H18ClN3O2. The topological polar surface area (TPSA) is 62.4 Å². The lowest BCUT2D eigenvalue weighted by molar-refractivity contribution is -0.107. The van der Waals surface area contributed by atoms with Crippen molar-refractivity contribution in [2.24, 2.45) is 0 Å². The number of rotatable bonds is 5. The van der Waals surface area contributed by atoms with E-state index in [0.29, 0.717) is 36.4 Å². The third-order valence-electron chi connectivity index (χ3n) is 3.68. The number of β-amino-alcohol motifs (C(OH)–C–C–N with tert-alkyl or cyclic N) is 1. The first-order valence-electron chi connectivity index (χ1n) is 7.11. The average Bonchev–Trinajstić information content (AvgIpc) is 2.87. The number of hydrogen-bond donors (Lipinski definition) is 1. The van der Waals surface area contributed by atoms with Crippen molar-refractivity contribution in [3.8, 4) is 11.5 Å². The molecule has 0 radical (unpaired) electrons. The predicted molar refractivity (Wildman–Crippen MR) is 79.9 cm³/mol. The maximum Gasteiger partial charge on any atom is 0.257 e. The molecule has 0 atom stereocenters. The first-order valence-corrected chi connectivity index (χ1v) is 7.49. The van der Waals surface area contributed by atoms with Crippen molar-refractivity contribution in [2.45, 2.75) is 31.9 Å². The van der Waals surface area contributed by atoms with Gasteiger partial charge in [-0.05, 0) is 30.7 Å². The van der Waals surface area contributed by atoms with Gasteiger partial charge in [0.15, 0.2) is 5.82 Å². The minimum atomic E-state index is -0.530. The molecule has 1 saturated heterocycles. The van der Waals surface area contributed by atoms with Gasteiger partial charge in [0.25, 0.3) is 5.89 Å². The quantitative estimate of drug-likeness (QED) is 0.920. The first-order chi connectivity index (χ1) is 10.1. The Morgan fingerprint density at radius 1 is 1.33 bits per heavy atom. The summed E-state index contributed by atoms with van der Waals surface area (Å²) in [5.74, 6) is 1.13. The molecule has 0 unspecified atom stereocenters. The van der Waals surface area contributed by atoms with Gasteiger partial charge >= 0.3 is 0 Å². The minimum Gasteiger partial charge on any atom is -0.387 e. The summed E-state index contributed by atoms with van der Waals surface area (Å²) in [7, 11) is 0. The SMILES string of the molecule is CCCC1(O)CN(Cc2noc(-c3ccc(Cl)cc3)n2)C1. The van der Waals surface area contributed by atoms with Gasteiger partial charge in [-0.15, -0.1) is 0 Å². The number of aromatic nitrogens is 2. The van der Waals surface area contributed by atoms with Crippen LogP contribution < -0.4 is 0 Å². The van der Waals surface area contributed by atoms with E-state index >= 15 is 0 Å². The van der Waals surface area contributed by atoms with E-state index in [4.69, 9.17) is 16.1 Å². The Hall–Kier alpha value is -1.43. The molecule has 1 fully saturated rings. The monoisotopic (exact) mass is 307 g/mol. The van der Waals surface area contributed by atoms with Crippen molar-refractivity contribution < 1.29 is 9.63 Å². The van der Waals surface area contributed by atoms with Gasteiger partial charge in [0.1, 0.15) is 0 Å². The van der Waals surface area contributed by atoms with Crippen molar-refractivity contribution in [3.63, 3.8) is 0 Å². The van der Waals surface area contributed by atoms with E-state index in [1.807, 2.05) is 12.1 Å². The summed E-state index contributed by atoms with van der Waals surface area (Å²) in [4.78, 5) is 6.50. The van der Waals surface area contributed by atoms with Crippen LogP contribution >= 0.6 is 11.6 Å². The minimum absolute atomic E-state index is 0.492. The molecule has 5 nitrogen and oxygen atoms in total. The zero-order valence-electron chi connectivity index (χ0n) is 11.9. The van der Waals surface area contributed by atoms with E-state index in [0.717, 1.165) is 18.4 Å². The Balaban J connectivity index is 1.60. The summed E-state index contributed by atoms with van der Waals surface area (Å²) in [6.45, 7) is 4.03. The van der Waals surface area contributed by atoms with E-state index < -0.39 is 5.60 Å². The van der Waals surface area contributed by atoms with Crippen molar-refractivity contribution >= 4 is 11.6 Å². The molecule has 1 aromatic carbocycles. The molecular weight excluding hydrogens is 290 g/mol. The zero-order chi connectivity index (χ0) is 14.9. The molecule has 2 heterocycles. The lowest BCUT2D eigenvalue weighted by Gasteiger charge is -2.46. The second-order valence-corrected chi connectivity index (χ2v) is 6.08. The summed E-state index contributed by atoms with van der Waals surface area (Å²) < 4.78 is 5.27. The molecule has 3 rings (SSSR count). The van der Waals surface area contributed by atoms with E-state index in [-0.39, 0.29) is 0 Å². The van der Waals surface area contributed by atoms with Crippen molar-refractivity contribution in [1.29, 1.82) is 0 Å². The Morgan fingerprint density at radius 2 is 2.05 bits per heavy atom. The molecule has 1 aliphatic rings. The molecule has 1 aromatic heterocycles. The number of nitrogens with zero attached hydrogens (tertiary/aromatic N) is 3. The van der Waals surface area contributed by atoms with Crippen molar-refractivity contribution in [1.82, 2.24) is 15.0 Å². The maximum absolute atomic E-state index is 10.1. The van der Waals surface area contributed by atoms with Crippen LogP contribution in [0.15, 0.2) is 28.8 Å². The fraction of sp³-hybridized carbons (Fsp3) is 0.467. The van der Waals surface area contributed by atoms with Crippen LogP contribution in [0.3, 0.4) is 0 Å². The van der Waals surface area contributed by atoms with Crippen LogP contribution in [0.25, 0.3) is 11.5 Å². The third kappa shape index (κ3) is 3.26.